The first-order valence-corrected chi connectivity index (χ1v) is 11.0. The third kappa shape index (κ3) is 5.09. The Labute approximate surface area is 196 Å². The van der Waals surface area contributed by atoms with Crippen molar-refractivity contribution in [1.29, 1.82) is 0 Å². The monoisotopic (exact) mass is 462 g/mol. The average Bonchev–Trinajstić information content (AvgIpc) is 3.46. The molecule has 1 atom stereocenters. The highest BCUT2D eigenvalue weighted by Gasteiger charge is 2.30. The van der Waals surface area contributed by atoms with Crippen molar-refractivity contribution >= 4 is 18.0 Å². The Morgan fingerprint density at radius 1 is 1.09 bits per heavy atom. The minimum atomic E-state index is -1.05. The molecule has 2 amide bonds. The summed E-state index contributed by atoms with van der Waals surface area (Å²) in [6.07, 6.45) is 0.495. The molecule has 0 fully saturated rings. The number of fused-ring (bicyclic) bond motifs is 3. The van der Waals surface area contributed by atoms with E-state index in [9.17, 15) is 14.4 Å². The van der Waals surface area contributed by atoms with Crippen LogP contribution in [0.5, 0.6) is 0 Å². The Bertz CT molecular complexity index is 1130. The van der Waals surface area contributed by atoms with Crippen LogP contribution in [0.4, 0.5) is 4.79 Å². The van der Waals surface area contributed by atoms with E-state index in [0.717, 1.165) is 22.3 Å². The Morgan fingerprint density at radius 2 is 1.74 bits per heavy atom. The van der Waals surface area contributed by atoms with Crippen LogP contribution < -0.4 is 5.32 Å². The molecular weight excluding hydrogens is 436 g/mol. The molecule has 176 valence electrons. The summed E-state index contributed by atoms with van der Waals surface area (Å²) in [4.78, 5) is 38.1. The van der Waals surface area contributed by atoms with E-state index in [1.165, 1.54) is 4.90 Å². The van der Waals surface area contributed by atoms with Gasteiger partial charge in [-0.3, -0.25) is 14.7 Å². The Kier molecular flexibility index (Phi) is 6.91. The molecule has 0 bridgehead atoms. The number of aliphatic carboxylic acids is 1. The molecule has 9 nitrogen and oxygen atoms in total. The van der Waals surface area contributed by atoms with E-state index < -0.39 is 24.0 Å². The maximum absolute atomic E-state index is 12.9. The summed E-state index contributed by atoms with van der Waals surface area (Å²) < 4.78 is 5.53. The molecule has 9 heteroatoms. The highest BCUT2D eigenvalue weighted by molar-refractivity contribution is 5.86. The number of nitrogens with one attached hydrogen (secondary N) is 2. The number of aromatic amines is 1. The molecular formula is C25H26N4O5. The van der Waals surface area contributed by atoms with Gasteiger partial charge in [-0.1, -0.05) is 48.5 Å². The highest BCUT2D eigenvalue weighted by atomic mass is 16.5. The van der Waals surface area contributed by atoms with Gasteiger partial charge in [0.25, 0.3) is 0 Å². The zero-order valence-electron chi connectivity index (χ0n) is 18.7. The minimum absolute atomic E-state index is 0.0499. The fourth-order valence-corrected chi connectivity index (χ4v) is 4.28. The first-order chi connectivity index (χ1) is 16.4. The van der Waals surface area contributed by atoms with Crippen LogP contribution in [-0.4, -0.2) is 57.9 Å². The number of nitrogens with zero attached hydrogens (tertiary/aromatic N) is 2. The summed E-state index contributed by atoms with van der Waals surface area (Å²) >= 11 is 0. The van der Waals surface area contributed by atoms with Crippen LogP contribution >= 0.6 is 0 Å². The molecule has 4 rings (SSSR count). The zero-order valence-corrected chi connectivity index (χ0v) is 18.7. The van der Waals surface area contributed by atoms with Gasteiger partial charge in [0.05, 0.1) is 12.2 Å². The number of carboxylic acids is 1. The molecule has 1 aliphatic carbocycles. The van der Waals surface area contributed by atoms with Gasteiger partial charge in [0, 0.05) is 25.6 Å². The number of likely N-dealkylation sites (N-methyl/N-ethyl adjacent to an activating group) is 1. The second-order valence-electron chi connectivity index (χ2n) is 8.23. The smallest absolute Gasteiger partial charge is 0.407 e. The quantitative estimate of drug-likeness (QED) is 0.449. The molecule has 0 aliphatic heterocycles. The molecule has 0 radical (unpaired) electrons. The van der Waals surface area contributed by atoms with E-state index in [-0.39, 0.29) is 31.9 Å². The number of carbonyl (C=O) groups excluding carboxylic acids is 2. The standard InChI is InChI=1S/C25H26N4O5/c1-29(14-16-12-13-26-28-16)24(32)22(10-11-23(30)31)27-25(33)34-15-21-19-8-4-2-6-17(19)18-7-3-5-9-20(18)21/h2-9,12-13,21-22H,10-11,14-15H2,1H3,(H,26,28)(H,27,33)(H,30,31). The van der Waals surface area contributed by atoms with Crippen molar-refractivity contribution in [3.63, 3.8) is 0 Å². The van der Waals surface area contributed by atoms with E-state index >= 15 is 0 Å². The lowest BCUT2D eigenvalue weighted by Crippen LogP contribution is -2.47. The fraction of sp³-hybridized carbons (Fsp3) is 0.280. The van der Waals surface area contributed by atoms with Crippen molar-refractivity contribution in [2.45, 2.75) is 31.3 Å². The molecule has 1 unspecified atom stereocenters. The lowest BCUT2D eigenvalue weighted by atomic mass is 9.98. The van der Waals surface area contributed by atoms with E-state index in [4.69, 9.17) is 9.84 Å². The summed E-state index contributed by atoms with van der Waals surface area (Å²) in [5.74, 6) is -1.58. The normalized spacial score (nSPS) is 13.0. The Balaban J connectivity index is 1.41. The zero-order chi connectivity index (χ0) is 24.1. The molecule has 0 spiro atoms. The highest BCUT2D eigenvalue weighted by Crippen LogP contribution is 2.44. The Morgan fingerprint density at radius 3 is 2.32 bits per heavy atom. The molecule has 0 saturated carbocycles. The lowest BCUT2D eigenvalue weighted by Gasteiger charge is -2.24. The van der Waals surface area contributed by atoms with Crippen molar-refractivity contribution in [1.82, 2.24) is 20.4 Å². The van der Waals surface area contributed by atoms with Gasteiger partial charge in [-0.25, -0.2) is 4.79 Å². The largest absolute Gasteiger partial charge is 0.481 e. The van der Waals surface area contributed by atoms with E-state index in [0.29, 0.717) is 5.69 Å². The van der Waals surface area contributed by atoms with Crippen LogP contribution in [0.2, 0.25) is 0 Å². The van der Waals surface area contributed by atoms with Gasteiger partial charge >= 0.3 is 12.1 Å². The van der Waals surface area contributed by atoms with Crippen LogP contribution in [-0.2, 0) is 20.9 Å². The molecule has 3 aromatic rings. The predicted octanol–water partition coefficient (Wildman–Crippen LogP) is 3.14. The summed E-state index contributed by atoms with van der Waals surface area (Å²) in [6.45, 7) is 0.346. The summed E-state index contributed by atoms with van der Waals surface area (Å²) in [5, 5.41) is 18.3. The Hall–Kier alpha value is -4.14. The first-order valence-electron chi connectivity index (χ1n) is 11.0. The number of carbonyl (C=O) groups is 3. The molecule has 1 aliphatic rings. The number of carboxylic acid groups (broad SMARTS) is 1. The second-order valence-corrected chi connectivity index (χ2v) is 8.23. The van der Waals surface area contributed by atoms with Gasteiger partial charge in [-0.2, -0.15) is 5.10 Å². The van der Waals surface area contributed by atoms with Gasteiger partial charge in [-0.05, 0) is 34.7 Å². The van der Waals surface area contributed by atoms with Crippen LogP contribution in [0.3, 0.4) is 0 Å². The molecule has 34 heavy (non-hydrogen) atoms. The molecule has 0 saturated heterocycles. The van der Waals surface area contributed by atoms with Crippen molar-refractivity contribution < 1.29 is 24.2 Å². The maximum Gasteiger partial charge on any atom is 0.407 e. The number of hydrogen-bond acceptors (Lipinski definition) is 5. The molecule has 1 heterocycles. The van der Waals surface area contributed by atoms with E-state index in [2.05, 4.69) is 15.5 Å². The van der Waals surface area contributed by atoms with Gasteiger partial charge < -0.3 is 20.1 Å². The van der Waals surface area contributed by atoms with E-state index in [1.807, 2.05) is 48.5 Å². The molecule has 3 N–H and O–H groups in total. The van der Waals surface area contributed by atoms with Crippen LogP contribution in [0.25, 0.3) is 11.1 Å². The number of hydrogen-bond donors (Lipinski definition) is 3. The number of ether oxygens (including phenoxy) is 1. The van der Waals surface area contributed by atoms with Crippen LogP contribution in [0.15, 0.2) is 60.8 Å². The van der Waals surface area contributed by atoms with Crippen molar-refractivity contribution in [3.05, 3.63) is 77.6 Å². The third-order valence-corrected chi connectivity index (χ3v) is 5.92. The van der Waals surface area contributed by atoms with Crippen LogP contribution in [0.1, 0.15) is 35.6 Å². The summed E-state index contributed by atoms with van der Waals surface area (Å²) in [5.41, 5.74) is 5.10. The maximum atomic E-state index is 12.9. The van der Waals surface area contributed by atoms with E-state index in [1.54, 1.807) is 19.3 Å². The molecule has 1 aromatic heterocycles. The number of amides is 2. The van der Waals surface area contributed by atoms with Gasteiger partial charge in [-0.15, -0.1) is 0 Å². The van der Waals surface area contributed by atoms with Crippen LogP contribution in [0, 0.1) is 0 Å². The number of alkyl carbamates (subject to hydrolysis) is 1. The lowest BCUT2D eigenvalue weighted by molar-refractivity contribution is -0.138. The van der Waals surface area contributed by atoms with Crippen molar-refractivity contribution in [2.24, 2.45) is 0 Å². The number of rotatable bonds is 9. The number of H-pyrrole nitrogens is 1. The van der Waals surface area contributed by atoms with Gasteiger partial charge in [0.15, 0.2) is 0 Å². The predicted molar refractivity (Wildman–Crippen MR) is 124 cm³/mol. The van der Waals surface area contributed by atoms with Crippen molar-refractivity contribution in [2.75, 3.05) is 13.7 Å². The average molecular weight is 463 g/mol. The summed E-state index contributed by atoms with van der Waals surface area (Å²) in [7, 11) is 1.58. The van der Waals surface area contributed by atoms with Gasteiger partial charge in [0.2, 0.25) is 5.91 Å². The number of benzene rings is 2. The third-order valence-electron chi connectivity index (χ3n) is 5.92. The van der Waals surface area contributed by atoms with Crippen molar-refractivity contribution in [3.8, 4) is 11.1 Å². The SMILES string of the molecule is CN(Cc1ccn[nH]1)C(=O)C(CCC(=O)O)NC(=O)OCC1c2ccccc2-c2ccccc21. The minimum Gasteiger partial charge on any atom is -0.481 e. The fourth-order valence-electron chi connectivity index (χ4n) is 4.28. The topological polar surface area (TPSA) is 125 Å². The molecule has 2 aromatic carbocycles. The van der Waals surface area contributed by atoms with Gasteiger partial charge in [0.1, 0.15) is 12.6 Å². The number of aromatic nitrogens is 2. The first kappa shape index (κ1) is 23.0. The summed E-state index contributed by atoms with van der Waals surface area (Å²) in [6, 6.07) is 16.7. The second kappa shape index (κ2) is 10.2.